The van der Waals surface area contributed by atoms with Gasteiger partial charge < -0.3 is 4.74 Å². The second-order valence-corrected chi connectivity index (χ2v) is 6.72. The van der Waals surface area contributed by atoms with E-state index in [2.05, 4.69) is 44.5 Å². The molecule has 132 valence electrons. The minimum absolute atomic E-state index is 0.680. The van der Waals surface area contributed by atoms with Crippen LogP contribution in [0.5, 0.6) is 11.6 Å². The fourth-order valence-electron chi connectivity index (χ4n) is 3.63. The van der Waals surface area contributed by atoms with Crippen molar-refractivity contribution in [1.29, 1.82) is 0 Å². The second kappa shape index (κ2) is 6.06. The lowest BCUT2D eigenvalue weighted by Crippen LogP contribution is -2.00. The summed E-state index contributed by atoms with van der Waals surface area (Å²) < 4.78 is 8.18. The molecular weight excluding hydrogens is 336 g/mol. The van der Waals surface area contributed by atoms with Gasteiger partial charge in [0, 0.05) is 29.7 Å². The van der Waals surface area contributed by atoms with E-state index in [0.717, 1.165) is 45.9 Å². The van der Waals surface area contributed by atoms with E-state index in [1.54, 1.807) is 18.6 Å². The Morgan fingerprint density at radius 3 is 2.85 bits per heavy atom. The molecule has 0 spiro atoms. The molecular formula is C22H18N4O. The third-order valence-electron chi connectivity index (χ3n) is 4.97. The van der Waals surface area contributed by atoms with Crippen LogP contribution >= 0.6 is 0 Å². The quantitative estimate of drug-likeness (QED) is 0.532. The van der Waals surface area contributed by atoms with Crippen molar-refractivity contribution in [3.8, 4) is 22.9 Å². The Labute approximate surface area is 157 Å². The Balaban J connectivity index is 1.54. The van der Waals surface area contributed by atoms with Gasteiger partial charge in [0.05, 0.1) is 17.6 Å². The maximum Gasteiger partial charge on any atom is 0.223 e. The van der Waals surface area contributed by atoms with E-state index >= 15 is 0 Å². The molecule has 0 radical (unpaired) electrons. The van der Waals surface area contributed by atoms with Gasteiger partial charge in [-0.25, -0.2) is 9.97 Å². The Bertz CT molecular complexity index is 1210. The van der Waals surface area contributed by atoms with Crippen molar-refractivity contribution in [2.24, 2.45) is 0 Å². The number of aryl methyl sites for hydroxylation is 2. The monoisotopic (exact) mass is 354 g/mol. The van der Waals surface area contributed by atoms with Crippen molar-refractivity contribution >= 4 is 11.7 Å². The predicted octanol–water partition coefficient (Wildman–Crippen LogP) is 4.77. The van der Waals surface area contributed by atoms with Gasteiger partial charge in [0.15, 0.2) is 5.65 Å². The van der Waals surface area contributed by atoms with E-state index in [4.69, 9.17) is 4.74 Å². The number of fused-ring (bicyclic) bond motifs is 2. The minimum Gasteiger partial charge on any atom is -0.439 e. The summed E-state index contributed by atoms with van der Waals surface area (Å²) in [7, 11) is 0. The average Bonchev–Trinajstić information content (AvgIpc) is 3.32. The number of hydrogen-bond donors (Lipinski definition) is 0. The van der Waals surface area contributed by atoms with E-state index in [9.17, 15) is 0 Å². The van der Waals surface area contributed by atoms with Gasteiger partial charge in [-0.1, -0.05) is 12.2 Å². The van der Waals surface area contributed by atoms with Crippen LogP contribution in [0.4, 0.5) is 0 Å². The number of allylic oxidation sites excluding steroid dienone is 1. The van der Waals surface area contributed by atoms with E-state index < -0.39 is 0 Å². The molecule has 3 aromatic heterocycles. The molecule has 5 heteroatoms. The van der Waals surface area contributed by atoms with Crippen LogP contribution in [-0.4, -0.2) is 19.4 Å². The number of nitrogens with zero attached hydrogens (tertiary/aromatic N) is 4. The van der Waals surface area contributed by atoms with Crippen LogP contribution in [0.3, 0.4) is 0 Å². The Kier molecular flexibility index (Phi) is 3.53. The first-order chi connectivity index (χ1) is 13.2. The molecule has 5 rings (SSSR count). The van der Waals surface area contributed by atoms with Crippen molar-refractivity contribution in [2.45, 2.75) is 20.3 Å². The number of benzene rings is 1. The van der Waals surface area contributed by atoms with Gasteiger partial charge in [-0.3, -0.25) is 9.38 Å². The van der Waals surface area contributed by atoms with Crippen molar-refractivity contribution in [1.82, 2.24) is 19.4 Å². The molecule has 0 aliphatic heterocycles. The van der Waals surface area contributed by atoms with Gasteiger partial charge in [-0.15, -0.1) is 0 Å². The first-order valence-corrected chi connectivity index (χ1v) is 8.92. The number of hydrogen-bond acceptors (Lipinski definition) is 4. The third-order valence-corrected chi connectivity index (χ3v) is 4.97. The molecule has 0 saturated heterocycles. The number of ether oxygens (including phenoxy) is 1. The number of pyridine rings is 1. The van der Waals surface area contributed by atoms with Crippen LogP contribution in [0.15, 0.2) is 55.1 Å². The van der Waals surface area contributed by atoms with Crippen LogP contribution < -0.4 is 4.74 Å². The summed E-state index contributed by atoms with van der Waals surface area (Å²) in [5, 5.41) is 0. The molecule has 27 heavy (non-hydrogen) atoms. The lowest BCUT2D eigenvalue weighted by molar-refractivity contribution is 0.457. The van der Waals surface area contributed by atoms with Crippen molar-refractivity contribution in [3.05, 3.63) is 77.5 Å². The summed E-state index contributed by atoms with van der Waals surface area (Å²) >= 11 is 0. The molecule has 5 nitrogen and oxygen atoms in total. The van der Waals surface area contributed by atoms with Gasteiger partial charge >= 0.3 is 0 Å². The molecule has 1 aromatic carbocycles. The largest absolute Gasteiger partial charge is 0.439 e. The van der Waals surface area contributed by atoms with E-state index in [1.807, 2.05) is 31.3 Å². The smallest absolute Gasteiger partial charge is 0.223 e. The summed E-state index contributed by atoms with van der Waals surface area (Å²) in [6, 6.07) is 8.13. The first-order valence-electron chi connectivity index (χ1n) is 8.92. The molecule has 4 aromatic rings. The lowest BCUT2D eigenvalue weighted by Gasteiger charge is -2.14. The molecule has 0 unspecified atom stereocenters. The highest BCUT2D eigenvalue weighted by Crippen LogP contribution is 2.33. The van der Waals surface area contributed by atoms with Crippen LogP contribution in [0.25, 0.3) is 23.0 Å². The van der Waals surface area contributed by atoms with Crippen LogP contribution in [0.2, 0.25) is 0 Å². The highest BCUT2D eigenvalue weighted by Gasteiger charge is 2.15. The first kappa shape index (κ1) is 15.8. The predicted molar refractivity (Wildman–Crippen MR) is 105 cm³/mol. The number of imidazole rings is 1. The van der Waals surface area contributed by atoms with Gasteiger partial charge in [0.25, 0.3) is 0 Å². The molecule has 0 amide bonds. The molecule has 0 fully saturated rings. The van der Waals surface area contributed by atoms with E-state index in [0.29, 0.717) is 5.88 Å². The standard InChI is InChI=1S/C22H18N4O/c1-14-12-17(27-22-19-5-3-4-16(19)8-9-24-22)6-7-18(14)21-15(2)25-13-20-23-10-11-26(20)21/h3-4,6-13H,5H2,1-2H3. The van der Waals surface area contributed by atoms with Crippen LogP contribution in [0.1, 0.15) is 22.4 Å². The fraction of sp³-hybridized carbons (Fsp3) is 0.136. The molecule has 0 saturated carbocycles. The Morgan fingerprint density at radius 2 is 1.96 bits per heavy atom. The topological polar surface area (TPSA) is 52.3 Å². The lowest BCUT2D eigenvalue weighted by atomic mass is 10.0. The Morgan fingerprint density at radius 1 is 1.04 bits per heavy atom. The summed E-state index contributed by atoms with van der Waals surface area (Å²) in [5.41, 5.74) is 7.41. The van der Waals surface area contributed by atoms with Gasteiger partial charge in [-0.2, -0.15) is 0 Å². The zero-order valence-electron chi connectivity index (χ0n) is 15.2. The van der Waals surface area contributed by atoms with Gasteiger partial charge in [0.2, 0.25) is 5.88 Å². The molecule has 0 atom stereocenters. The summed E-state index contributed by atoms with van der Waals surface area (Å²) in [6.07, 6.45) is 12.5. The minimum atomic E-state index is 0.680. The van der Waals surface area contributed by atoms with Crippen molar-refractivity contribution in [2.75, 3.05) is 0 Å². The van der Waals surface area contributed by atoms with E-state index in [-0.39, 0.29) is 0 Å². The molecule has 1 aliphatic carbocycles. The summed E-state index contributed by atoms with van der Waals surface area (Å²) in [6.45, 7) is 4.10. The SMILES string of the molecule is Cc1cc(Oc2nccc3c2CC=C3)ccc1-c1c(C)ncc2nccn12. The fourth-order valence-corrected chi connectivity index (χ4v) is 3.63. The number of rotatable bonds is 3. The maximum atomic E-state index is 6.11. The van der Waals surface area contributed by atoms with Crippen LogP contribution in [0, 0.1) is 13.8 Å². The van der Waals surface area contributed by atoms with Gasteiger partial charge in [0.1, 0.15) is 5.75 Å². The third kappa shape index (κ3) is 2.59. The molecule has 3 heterocycles. The summed E-state index contributed by atoms with van der Waals surface area (Å²) in [5.74, 6) is 1.46. The average molecular weight is 354 g/mol. The number of aromatic nitrogens is 4. The van der Waals surface area contributed by atoms with Crippen molar-refractivity contribution < 1.29 is 4.74 Å². The van der Waals surface area contributed by atoms with Crippen molar-refractivity contribution in [3.63, 3.8) is 0 Å². The highest BCUT2D eigenvalue weighted by molar-refractivity contribution is 5.69. The second-order valence-electron chi connectivity index (χ2n) is 6.72. The molecule has 0 bridgehead atoms. The zero-order valence-corrected chi connectivity index (χ0v) is 15.2. The maximum absolute atomic E-state index is 6.11. The molecule has 0 N–H and O–H groups in total. The molecule has 1 aliphatic rings. The summed E-state index contributed by atoms with van der Waals surface area (Å²) in [4.78, 5) is 13.3. The highest BCUT2D eigenvalue weighted by atomic mass is 16.5. The normalized spacial score (nSPS) is 12.5. The van der Waals surface area contributed by atoms with E-state index in [1.165, 1.54) is 5.56 Å². The van der Waals surface area contributed by atoms with Gasteiger partial charge in [-0.05, 0) is 55.7 Å². The van der Waals surface area contributed by atoms with Crippen LogP contribution in [-0.2, 0) is 6.42 Å². The zero-order chi connectivity index (χ0) is 18.4. The Hall–Kier alpha value is -3.47.